The third-order valence-corrected chi connectivity index (χ3v) is 3.59. The molecule has 0 saturated carbocycles. The number of ether oxygens (including phenoxy) is 2. The zero-order chi connectivity index (χ0) is 17.0. The van der Waals surface area contributed by atoms with E-state index in [1.165, 1.54) is 19.2 Å². The molecule has 0 N–H and O–H groups in total. The van der Waals surface area contributed by atoms with Gasteiger partial charge in [0, 0.05) is 5.56 Å². The van der Waals surface area contributed by atoms with Crippen molar-refractivity contribution in [3.63, 3.8) is 0 Å². The summed E-state index contributed by atoms with van der Waals surface area (Å²) in [6.45, 7) is -0.634. The van der Waals surface area contributed by atoms with Crippen molar-refractivity contribution in [2.75, 3.05) is 13.7 Å². The standard InChI is InChI=1S/C16H11BrF2O4/c1-22-14-6-5-9(7-10(14)17)13(20)8-23-16(21)15-11(18)3-2-4-12(15)19/h2-7H,8H2,1H3. The van der Waals surface area contributed by atoms with E-state index >= 15 is 0 Å². The zero-order valence-corrected chi connectivity index (χ0v) is 13.5. The molecule has 2 aromatic rings. The average molecular weight is 385 g/mol. The third kappa shape index (κ3) is 3.92. The monoisotopic (exact) mass is 384 g/mol. The Bertz CT molecular complexity index is 741. The van der Waals surface area contributed by atoms with Gasteiger partial charge in [-0.05, 0) is 46.3 Å². The van der Waals surface area contributed by atoms with Crippen LogP contribution in [-0.4, -0.2) is 25.5 Å². The molecule has 0 amide bonds. The second kappa shape index (κ2) is 7.32. The van der Waals surface area contributed by atoms with Gasteiger partial charge in [0.1, 0.15) is 22.9 Å². The van der Waals surface area contributed by atoms with Gasteiger partial charge in [-0.25, -0.2) is 13.6 Å². The molecule has 120 valence electrons. The lowest BCUT2D eigenvalue weighted by Crippen LogP contribution is -2.16. The lowest BCUT2D eigenvalue weighted by Gasteiger charge is -2.08. The van der Waals surface area contributed by atoms with Gasteiger partial charge in [-0.2, -0.15) is 0 Å². The third-order valence-electron chi connectivity index (χ3n) is 2.98. The average Bonchev–Trinajstić information content (AvgIpc) is 2.52. The highest BCUT2D eigenvalue weighted by Gasteiger charge is 2.20. The molecule has 0 aromatic heterocycles. The van der Waals surface area contributed by atoms with E-state index in [9.17, 15) is 18.4 Å². The molecule has 23 heavy (non-hydrogen) atoms. The molecule has 0 unspecified atom stereocenters. The summed E-state index contributed by atoms with van der Waals surface area (Å²) < 4.78 is 37.2. The van der Waals surface area contributed by atoms with Crippen LogP contribution in [0.1, 0.15) is 20.7 Å². The number of esters is 1. The molecule has 0 aliphatic heterocycles. The number of rotatable bonds is 5. The van der Waals surface area contributed by atoms with Gasteiger partial charge in [0.15, 0.2) is 12.4 Å². The molecule has 2 aromatic carbocycles. The molecule has 0 heterocycles. The molecular weight excluding hydrogens is 374 g/mol. The Balaban J connectivity index is 2.07. The topological polar surface area (TPSA) is 52.6 Å². The van der Waals surface area contributed by atoms with Crippen molar-refractivity contribution >= 4 is 27.7 Å². The summed E-state index contributed by atoms with van der Waals surface area (Å²) in [5, 5.41) is 0. The van der Waals surface area contributed by atoms with Crippen molar-refractivity contribution in [2.24, 2.45) is 0 Å². The highest BCUT2D eigenvalue weighted by atomic mass is 79.9. The Kier molecular flexibility index (Phi) is 5.44. The Morgan fingerprint density at radius 1 is 1.13 bits per heavy atom. The largest absolute Gasteiger partial charge is 0.496 e. The SMILES string of the molecule is COc1ccc(C(=O)COC(=O)c2c(F)cccc2F)cc1Br. The summed E-state index contributed by atoms with van der Waals surface area (Å²) in [6, 6.07) is 7.55. The van der Waals surface area contributed by atoms with Crippen LogP contribution in [0.3, 0.4) is 0 Å². The highest BCUT2D eigenvalue weighted by molar-refractivity contribution is 9.10. The van der Waals surface area contributed by atoms with Crippen LogP contribution in [0.5, 0.6) is 5.75 Å². The Morgan fingerprint density at radius 2 is 1.78 bits per heavy atom. The van der Waals surface area contributed by atoms with Crippen LogP contribution in [0.15, 0.2) is 40.9 Å². The second-order valence-corrected chi connectivity index (χ2v) is 5.30. The second-order valence-electron chi connectivity index (χ2n) is 4.45. The summed E-state index contributed by atoms with van der Waals surface area (Å²) >= 11 is 3.23. The fourth-order valence-electron chi connectivity index (χ4n) is 1.82. The smallest absolute Gasteiger partial charge is 0.344 e. The predicted octanol–water partition coefficient (Wildman–Crippen LogP) is 3.78. The normalized spacial score (nSPS) is 10.3. The van der Waals surface area contributed by atoms with Crippen molar-refractivity contribution in [1.29, 1.82) is 0 Å². The van der Waals surface area contributed by atoms with Crippen LogP contribution in [-0.2, 0) is 4.74 Å². The Labute approximate surface area is 139 Å². The van der Waals surface area contributed by atoms with Crippen LogP contribution in [0, 0.1) is 11.6 Å². The molecule has 0 aliphatic rings. The summed E-state index contributed by atoms with van der Waals surface area (Å²) in [4.78, 5) is 23.7. The highest BCUT2D eigenvalue weighted by Crippen LogP contribution is 2.25. The number of Topliss-reactive ketones (excluding diaryl/α,β-unsaturated/α-hetero) is 1. The van der Waals surface area contributed by atoms with Crippen molar-refractivity contribution in [2.45, 2.75) is 0 Å². The van der Waals surface area contributed by atoms with Gasteiger partial charge in [0.2, 0.25) is 0 Å². The number of carbonyl (C=O) groups excluding carboxylic acids is 2. The molecule has 0 fully saturated rings. The first-order valence-corrected chi connectivity index (χ1v) is 7.21. The summed E-state index contributed by atoms with van der Waals surface area (Å²) in [5.74, 6) is -3.31. The van der Waals surface area contributed by atoms with Gasteiger partial charge in [-0.1, -0.05) is 6.07 Å². The molecule has 7 heteroatoms. The maximum Gasteiger partial charge on any atom is 0.344 e. The minimum absolute atomic E-state index is 0.263. The van der Waals surface area contributed by atoms with Gasteiger partial charge >= 0.3 is 5.97 Å². The minimum atomic E-state index is -1.23. The van der Waals surface area contributed by atoms with Crippen LogP contribution in [0.4, 0.5) is 8.78 Å². The first-order chi connectivity index (χ1) is 10.9. The van der Waals surface area contributed by atoms with E-state index in [2.05, 4.69) is 20.7 Å². The number of methoxy groups -OCH3 is 1. The van der Waals surface area contributed by atoms with Gasteiger partial charge in [-0.15, -0.1) is 0 Å². The zero-order valence-electron chi connectivity index (χ0n) is 11.9. The fourth-order valence-corrected chi connectivity index (χ4v) is 2.36. The molecule has 0 radical (unpaired) electrons. The van der Waals surface area contributed by atoms with Crippen LogP contribution in [0.25, 0.3) is 0 Å². The Hall–Kier alpha value is -2.28. The van der Waals surface area contributed by atoms with Crippen molar-refractivity contribution in [3.05, 3.63) is 63.6 Å². The summed E-state index contributed by atoms with van der Waals surface area (Å²) in [7, 11) is 1.48. The first kappa shape index (κ1) is 17.1. The number of benzene rings is 2. The van der Waals surface area contributed by atoms with E-state index in [0.717, 1.165) is 18.2 Å². The van der Waals surface area contributed by atoms with Crippen molar-refractivity contribution in [1.82, 2.24) is 0 Å². The number of ketones is 1. The molecule has 0 atom stereocenters. The molecule has 0 bridgehead atoms. The van der Waals surface area contributed by atoms with E-state index in [0.29, 0.717) is 10.2 Å². The van der Waals surface area contributed by atoms with E-state index in [1.807, 2.05) is 0 Å². The van der Waals surface area contributed by atoms with E-state index < -0.39 is 35.6 Å². The molecular formula is C16H11BrF2O4. The molecule has 0 saturated heterocycles. The van der Waals surface area contributed by atoms with Gasteiger partial charge in [0.25, 0.3) is 0 Å². The van der Waals surface area contributed by atoms with Gasteiger partial charge in [0.05, 0.1) is 11.6 Å². The summed E-state index contributed by atoms with van der Waals surface area (Å²) in [6.07, 6.45) is 0. The molecule has 2 rings (SSSR count). The molecule has 0 aliphatic carbocycles. The molecule has 4 nitrogen and oxygen atoms in total. The number of hydrogen-bond acceptors (Lipinski definition) is 4. The van der Waals surface area contributed by atoms with Crippen LogP contribution < -0.4 is 4.74 Å². The number of carbonyl (C=O) groups is 2. The van der Waals surface area contributed by atoms with Crippen LogP contribution >= 0.6 is 15.9 Å². The van der Waals surface area contributed by atoms with E-state index in [4.69, 9.17) is 4.74 Å². The first-order valence-electron chi connectivity index (χ1n) is 6.42. The summed E-state index contributed by atoms with van der Waals surface area (Å²) in [5.41, 5.74) is -0.560. The quantitative estimate of drug-likeness (QED) is 0.581. The number of hydrogen-bond donors (Lipinski definition) is 0. The van der Waals surface area contributed by atoms with Gasteiger partial charge < -0.3 is 9.47 Å². The number of halogens is 3. The minimum Gasteiger partial charge on any atom is -0.496 e. The van der Waals surface area contributed by atoms with Crippen molar-refractivity contribution < 1.29 is 27.8 Å². The lowest BCUT2D eigenvalue weighted by molar-refractivity contribution is 0.0465. The van der Waals surface area contributed by atoms with E-state index in [-0.39, 0.29) is 5.56 Å². The van der Waals surface area contributed by atoms with Gasteiger partial charge in [-0.3, -0.25) is 4.79 Å². The lowest BCUT2D eigenvalue weighted by atomic mass is 10.1. The maximum atomic E-state index is 13.4. The fraction of sp³-hybridized carbons (Fsp3) is 0.125. The predicted molar refractivity (Wildman–Crippen MR) is 81.7 cm³/mol. The molecule has 0 spiro atoms. The van der Waals surface area contributed by atoms with Crippen LogP contribution in [0.2, 0.25) is 0 Å². The van der Waals surface area contributed by atoms with E-state index in [1.54, 1.807) is 6.07 Å². The van der Waals surface area contributed by atoms with Crippen molar-refractivity contribution in [3.8, 4) is 5.75 Å². The maximum absolute atomic E-state index is 13.4. The Morgan fingerprint density at radius 3 is 2.35 bits per heavy atom.